The fourth-order valence-corrected chi connectivity index (χ4v) is 4.75. The molecule has 0 aromatic heterocycles. The number of hydrogen-bond acceptors (Lipinski definition) is 6. The minimum atomic E-state index is -0.308. The lowest BCUT2D eigenvalue weighted by molar-refractivity contribution is -0.384. The molecular weight excluding hydrogens is 467 g/mol. The van der Waals surface area contributed by atoms with Gasteiger partial charge in [-0.05, 0) is 49.6 Å². The monoisotopic (exact) mass is 492 g/mol. The first kappa shape index (κ1) is 23.4. The van der Waals surface area contributed by atoms with Crippen LogP contribution in [0.4, 0.5) is 17.1 Å². The first-order valence-corrected chi connectivity index (χ1v) is 11.8. The Hall–Kier alpha value is -2.71. The van der Waals surface area contributed by atoms with Crippen molar-refractivity contribution < 1.29 is 14.5 Å². The molecule has 8 nitrogen and oxygen atoms in total. The average molecular weight is 493 g/mol. The van der Waals surface area contributed by atoms with Gasteiger partial charge in [-0.15, -0.1) is 0 Å². The summed E-state index contributed by atoms with van der Waals surface area (Å²) in [4.78, 5) is 29.9. The van der Waals surface area contributed by atoms with E-state index in [4.69, 9.17) is 27.9 Å². The summed E-state index contributed by atoms with van der Waals surface area (Å²) in [6.45, 7) is 3.96. The zero-order valence-corrected chi connectivity index (χ0v) is 19.7. The number of rotatable bonds is 6. The van der Waals surface area contributed by atoms with Crippen LogP contribution in [-0.2, 0) is 4.79 Å². The molecule has 2 heterocycles. The van der Waals surface area contributed by atoms with Crippen LogP contribution in [0.5, 0.6) is 5.75 Å². The molecule has 176 valence electrons. The summed E-state index contributed by atoms with van der Waals surface area (Å²) in [5.74, 6) is 0.308. The van der Waals surface area contributed by atoms with E-state index in [1.54, 1.807) is 35.2 Å². The van der Waals surface area contributed by atoms with E-state index in [1.807, 2.05) is 6.07 Å². The fraction of sp³-hybridized carbons (Fsp3) is 0.435. The van der Waals surface area contributed by atoms with Gasteiger partial charge in [0.1, 0.15) is 11.4 Å². The summed E-state index contributed by atoms with van der Waals surface area (Å²) in [6.07, 6.45) is 3.25. The van der Waals surface area contributed by atoms with Crippen LogP contribution in [0.3, 0.4) is 0 Å². The van der Waals surface area contributed by atoms with Gasteiger partial charge >= 0.3 is 0 Å². The van der Waals surface area contributed by atoms with Crippen molar-refractivity contribution in [1.82, 2.24) is 4.90 Å². The van der Waals surface area contributed by atoms with Crippen molar-refractivity contribution in [3.8, 4) is 5.75 Å². The second kappa shape index (κ2) is 10.5. The highest BCUT2D eigenvalue weighted by molar-refractivity contribution is 6.35. The zero-order valence-electron chi connectivity index (χ0n) is 18.2. The minimum absolute atomic E-state index is 0.0992. The Kier molecular flexibility index (Phi) is 7.45. The molecule has 2 aliphatic heterocycles. The molecule has 0 unspecified atom stereocenters. The van der Waals surface area contributed by atoms with Crippen molar-refractivity contribution in [1.29, 1.82) is 0 Å². The molecule has 1 amide bonds. The molecule has 0 atom stereocenters. The molecule has 0 radical (unpaired) electrons. The van der Waals surface area contributed by atoms with Gasteiger partial charge in [-0.1, -0.05) is 23.2 Å². The topological polar surface area (TPSA) is 79.2 Å². The molecule has 2 aromatic carbocycles. The van der Waals surface area contributed by atoms with E-state index in [2.05, 4.69) is 9.80 Å². The summed E-state index contributed by atoms with van der Waals surface area (Å²) in [7, 11) is 0. The Morgan fingerprint density at radius 1 is 0.939 bits per heavy atom. The smallest absolute Gasteiger partial charge is 0.292 e. The van der Waals surface area contributed by atoms with E-state index in [0.717, 1.165) is 38.0 Å². The van der Waals surface area contributed by atoms with Gasteiger partial charge in [0, 0.05) is 56.0 Å². The molecular formula is C23H26Cl2N4O4. The fourth-order valence-electron chi connectivity index (χ4n) is 4.29. The quantitative estimate of drug-likeness (QED) is 0.432. The number of piperidine rings is 1. The molecule has 33 heavy (non-hydrogen) atoms. The normalized spacial score (nSPS) is 16.6. The van der Waals surface area contributed by atoms with E-state index in [9.17, 15) is 14.9 Å². The highest BCUT2D eigenvalue weighted by Gasteiger charge is 2.26. The Labute approximate surface area is 202 Å². The van der Waals surface area contributed by atoms with Gasteiger partial charge in [0.25, 0.3) is 11.6 Å². The lowest BCUT2D eigenvalue weighted by Crippen LogP contribution is -2.50. The molecule has 2 saturated heterocycles. The van der Waals surface area contributed by atoms with Crippen LogP contribution in [0, 0.1) is 10.1 Å². The maximum Gasteiger partial charge on any atom is 0.292 e. The Balaban J connectivity index is 1.37. The molecule has 0 saturated carbocycles. The van der Waals surface area contributed by atoms with E-state index < -0.39 is 0 Å². The van der Waals surface area contributed by atoms with Gasteiger partial charge in [0.05, 0.1) is 9.95 Å². The summed E-state index contributed by atoms with van der Waals surface area (Å²) in [5.41, 5.74) is 1.77. The maximum absolute atomic E-state index is 12.6. The van der Waals surface area contributed by atoms with Crippen LogP contribution in [0.15, 0.2) is 36.4 Å². The number of halogens is 2. The third kappa shape index (κ3) is 5.62. The van der Waals surface area contributed by atoms with Crippen LogP contribution >= 0.6 is 23.2 Å². The zero-order chi connectivity index (χ0) is 23.4. The van der Waals surface area contributed by atoms with Gasteiger partial charge < -0.3 is 19.4 Å². The van der Waals surface area contributed by atoms with Crippen LogP contribution in [-0.4, -0.2) is 61.6 Å². The number of carbonyl (C=O) groups excluding carboxylic acids is 1. The second-order valence-corrected chi connectivity index (χ2v) is 9.05. The summed E-state index contributed by atoms with van der Waals surface area (Å²) in [6, 6.07) is 10.2. The third-order valence-electron chi connectivity index (χ3n) is 6.10. The number of carbonyl (C=O) groups is 1. The van der Waals surface area contributed by atoms with Crippen molar-refractivity contribution in [2.45, 2.75) is 19.3 Å². The minimum Gasteiger partial charge on any atom is -0.482 e. The SMILES string of the molecule is O=C(COc1ccc(Cl)cc1Cl)N1CCN(c2ccc([N+](=O)[O-])c(N3CCCCC3)c2)CC1. The van der Waals surface area contributed by atoms with Gasteiger partial charge in [0.2, 0.25) is 0 Å². The predicted octanol–water partition coefficient (Wildman–Crippen LogP) is 4.62. The van der Waals surface area contributed by atoms with Crippen LogP contribution < -0.4 is 14.5 Å². The van der Waals surface area contributed by atoms with Crippen molar-refractivity contribution in [2.24, 2.45) is 0 Å². The average Bonchev–Trinajstić information content (AvgIpc) is 2.83. The predicted molar refractivity (Wildman–Crippen MR) is 130 cm³/mol. The number of nitro groups is 1. The van der Waals surface area contributed by atoms with E-state index in [0.29, 0.717) is 47.7 Å². The number of nitro benzene ring substituents is 1. The Morgan fingerprint density at radius 3 is 2.33 bits per heavy atom. The Morgan fingerprint density at radius 2 is 1.67 bits per heavy atom. The highest BCUT2D eigenvalue weighted by atomic mass is 35.5. The molecule has 0 N–H and O–H groups in total. The number of benzene rings is 2. The van der Waals surface area contributed by atoms with E-state index in [1.165, 1.54) is 0 Å². The number of amides is 1. The van der Waals surface area contributed by atoms with Gasteiger partial charge in [-0.2, -0.15) is 0 Å². The number of anilines is 2. The number of nitrogens with zero attached hydrogens (tertiary/aromatic N) is 4. The van der Waals surface area contributed by atoms with E-state index >= 15 is 0 Å². The standard InChI is InChI=1S/C23H26Cl2N4O4/c24-17-4-7-22(19(25)14-17)33-16-23(30)28-12-10-26(11-13-28)18-5-6-20(29(31)32)21(15-18)27-8-2-1-3-9-27/h4-7,14-15H,1-3,8-13,16H2. The summed E-state index contributed by atoms with van der Waals surface area (Å²) in [5, 5.41) is 12.4. The van der Waals surface area contributed by atoms with E-state index in [-0.39, 0.29) is 23.1 Å². The number of ether oxygens (including phenoxy) is 1. The summed E-state index contributed by atoms with van der Waals surface area (Å²) >= 11 is 12.0. The molecule has 10 heteroatoms. The van der Waals surface area contributed by atoms with Crippen LogP contribution in [0.2, 0.25) is 10.0 Å². The van der Waals surface area contributed by atoms with Gasteiger partial charge in [0.15, 0.2) is 6.61 Å². The molecule has 0 bridgehead atoms. The van der Waals surface area contributed by atoms with Gasteiger partial charge in [-0.3, -0.25) is 14.9 Å². The molecule has 2 fully saturated rings. The lowest BCUT2D eigenvalue weighted by Gasteiger charge is -2.36. The lowest BCUT2D eigenvalue weighted by atomic mass is 10.1. The van der Waals surface area contributed by atoms with Gasteiger partial charge in [-0.25, -0.2) is 0 Å². The molecule has 2 aliphatic rings. The first-order chi connectivity index (χ1) is 15.9. The van der Waals surface area contributed by atoms with Crippen molar-refractivity contribution >= 4 is 46.2 Å². The Bertz CT molecular complexity index is 1020. The number of hydrogen-bond donors (Lipinski definition) is 0. The summed E-state index contributed by atoms with van der Waals surface area (Å²) < 4.78 is 5.57. The molecule has 2 aromatic rings. The maximum atomic E-state index is 12.6. The van der Waals surface area contributed by atoms with Crippen molar-refractivity contribution in [3.05, 3.63) is 56.6 Å². The third-order valence-corrected chi connectivity index (χ3v) is 6.63. The first-order valence-electron chi connectivity index (χ1n) is 11.1. The molecule has 0 spiro atoms. The van der Waals surface area contributed by atoms with Crippen LogP contribution in [0.1, 0.15) is 19.3 Å². The van der Waals surface area contributed by atoms with Crippen LogP contribution in [0.25, 0.3) is 0 Å². The largest absolute Gasteiger partial charge is 0.482 e. The number of piperazine rings is 1. The molecule has 0 aliphatic carbocycles. The molecule has 4 rings (SSSR count). The second-order valence-electron chi connectivity index (χ2n) is 8.21. The highest BCUT2D eigenvalue weighted by Crippen LogP contribution is 2.34. The van der Waals surface area contributed by atoms with Crippen molar-refractivity contribution in [2.75, 3.05) is 55.7 Å². The van der Waals surface area contributed by atoms with Crippen molar-refractivity contribution in [3.63, 3.8) is 0 Å².